The van der Waals surface area contributed by atoms with Crippen molar-refractivity contribution in [3.05, 3.63) is 130 Å². The van der Waals surface area contributed by atoms with E-state index < -0.39 is 0 Å². The third-order valence-corrected chi connectivity index (χ3v) is 7.79. The van der Waals surface area contributed by atoms with Crippen LogP contribution in [0.4, 0.5) is 0 Å². The average molecular weight is 599 g/mol. The van der Waals surface area contributed by atoms with E-state index in [1.165, 1.54) is 66.3 Å². The van der Waals surface area contributed by atoms with E-state index in [0.717, 1.165) is 48.7 Å². The standard InChI is InChI=1S/C43H50O2/c1-4-6-8-10-30-44-42-32-41(33-43(34-42)45-31-11-9-7-5-2)29-28-40-26-24-39(25-27-40)23-22-38-20-18-37(19-21-38)17-16-36-14-12-35(3)13-15-36/h12-29,32-34H,4-11,30-31H2,1-3H3. The second-order valence-corrected chi connectivity index (χ2v) is 11.8. The molecular weight excluding hydrogens is 548 g/mol. The minimum absolute atomic E-state index is 0.743. The van der Waals surface area contributed by atoms with Crippen LogP contribution in [0.2, 0.25) is 0 Å². The van der Waals surface area contributed by atoms with Crippen molar-refractivity contribution >= 4 is 36.5 Å². The van der Waals surface area contributed by atoms with E-state index in [2.05, 4.69) is 142 Å². The van der Waals surface area contributed by atoms with Gasteiger partial charge in [0.05, 0.1) is 13.2 Å². The third-order valence-electron chi connectivity index (χ3n) is 7.79. The SMILES string of the molecule is CCCCCCOc1cc(C=Cc2ccc(C=Cc3ccc(C=Cc4ccc(C)cc4)cc3)cc2)cc(OCCCCCC)c1. The molecular formula is C43H50O2. The Morgan fingerprint density at radius 2 is 0.733 bits per heavy atom. The molecule has 0 heterocycles. The quantitative estimate of drug-likeness (QED) is 0.0838. The van der Waals surface area contributed by atoms with E-state index in [0.29, 0.717) is 0 Å². The fourth-order valence-electron chi connectivity index (χ4n) is 4.99. The summed E-state index contributed by atoms with van der Waals surface area (Å²) in [7, 11) is 0. The minimum Gasteiger partial charge on any atom is -0.493 e. The van der Waals surface area contributed by atoms with Crippen LogP contribution in [0.3, 0.4) is 0 Å². The molecule has 0 amide bonds. The molecule has 45 heavy (non-hydrogen) atoms. The molecule has 0 aliphatic carbocycles. The predicted molar refractivity (Wildman–Crippen MR) is 197 cm³/mol. The van der Waals surface area contributed by atoms with Gasteiger partial charge < -0.3 is 9.47 Å². The van der Waals surface area contributed by atoms with E-state index in [9.17, 15) is 0 Å². The molecule has 4 aromatic rings. The smallest absolute Gasteiger partial charge is 0.123 e. The van der Waals surface area contributed by atoms with Gasteiger partial charge >= 0.3 is 0 Å². The molecule has 0 atom stereocenters. The van der Waals surface area contributed by atoms with Crippen LogP contribution in [0.1, 0.15) is 104 Å². The Morgan fingerprint density at radius 1 is 0.400 bits per heavy atom. The van der Waals surface area contributed by atoms with Gasteiger partial charge in [-0.05, 0) is 65.3 Å². The third kappa shape index (κ3) is 12.7. The van der Waals surface area contributed by atoms with Crippen molar-refractivity contribution in [2.75, 3.05) is 13.2 Å². The van der Waals surface area contributed by atoms with Gasteiger partial charge in [-0.3, -0.25) is 0 Å². The Hall–Kier alpha value is -4.30. The summed E-state index contributed by atoms with van der Waals surface area (Å²) in [5, 5.41) is 0. The summed E-state index contributed by atoms with van der Waals surface area (Å²) in [6.07, 6.45) is 22.5. The normalized spacial score (nSPS) is 11.6. The number of ether oxygens (including phenoxy) is 2. The number of hydrogen-bond acceptors (Lipinski definition) is 2. The number of unbranched alkanes of at least 4 members (excludes halogenated alkanes) is 6. The summed E-state index contributed by atoms with van der Waals surface area (Å²) >= 11 is 0. The lowest BCUT2D eigenvalue weighted by molar-refractivity contribution is 0.290. The molecule has 4 aromatic carbocycles. The van der Waals surface area contributed by atoms with E-state index in [1.807, 2.05) is 6.07 Å². The van der Waals surface area contributed by atoms with Gasteiger partial charge in [-0.25, -0.2) is 0 Å². The highest BCUT2D eigenvalue weighted by Gasteiger charge is 2.03. The summed E-state index contributed by atoms with van der Waals surface area (Å²) in [6.45, 7) is 8.07. The Balaban J connectivity index is 1.34. The molecule has 0 saturated carbocycles. The fraction of sp³-hybridized carbons (Fsp3) is 0.302. The summed E-state index contributed by atoms with van der Waals surface area (Å²) in [6, 6.07) is 32.1. The number of aryl methyl sites for hydroxylation is 1. The number of rotatable bonds is 18. The lowest BCUT2D eigenvalue weighted by Crippen LogP contribution is -2.00. The van der Waals surface area contributed by atoms with Crippen LogP contribution in [0, 0.1) is 6.92 Å². The predicted octanol–water partition coefficient (Wildman–Crippen LogP) is 12.4. The van der Waals surface area contributed by atoms with Crippen molar-refractivity contribution in [3.63, 3.8) is 0 Å². The van der Waals surface area contributed by atoms with Gasteiger partial charge in [0.25, 0.3) is 0 Å². The average Bonchev–Trinajstić information content (AvgIpc) is 3.07. The molecule has 0 N–H and O–H groups in total. The van der Waals surface area contributed by atoms with Gasteiger partial charge in [-0.15, -0.1) is 0 Å². The van der Waals surface area contributed by atoms with Crippen molar-refractivity contribution in [3.8, 4) is 11.5 Å². The van der Waals surface area contributed by atoms with E-state index in [-0.39, 0.29) is 0 Å². The van der Waals surface area contributed by atoms with Gasteiger partial charge in [-0.2, -0.15) is 0 Å². The molecule has 0 aliphatic heterocycles. The van der Waals surface area contributed by atoms with Crippen LogP contribution in [0.15, 0.2) is 91.0 Å². The van der Waals surface area contributed by atoms with Crippen molar-refractivity contribution < 1.29 is 9.47 Å². The first-order valence-electron chi connectivity index (χ1n) is 16.8. The molecule has 2 heteroatoms. The number of benzene rings is 4. The zero-order chi connectivity index (χ0) is 31.5. The first-order chi connectivity index (χ1) is 22.1. The van der Waals surface area contributed by atoms with Gasteiger partial charge in [0.1, 0.15) is 11.5 Å². The van der Waals surface area contributed by atoms with Crippen LogP contribution in [-0.2, 0) is 0 Å². The Labute approximate surface area is 272 Å². The molecule has 0 radical (unpaired) electrons. The van der Waals surface area contributed by atoms with Crippen LogP contribution < -0.4 is 9.47 Å². The van der Waals surface area contributed by atoms with Crippen LogP contribution in [-0.4, -0.2) is 13.2 Å². The fourth-order valence-corrected chi connectivity index (χ4v) is 4.99. The molecule has 0 aliphatic rings. The Kier molecular flexibility index (Phi) is 14.3. The van der Waals surface area contributed by atoms with Crippen molar-refractivity contribution in [2.45, 2.75) is 72.1 Å². The van der Waals surface area contributed by atoms with Gasteiger partial charge in [-0.1, -0.05) is 167 Å². The van der Waals surface area contributed by atoms with Gasteiger partial charge in [0.2, 0.25) is 0 Å². The Morgan fingerprint density at radius 3 is 1.09 bits per heavy atom. The second-order valence-electron chi connectivity index (χ2n) is 11.8. The molecule has 234 valence electrons. The summed E-state index contributed by atoms with van der Waals surface area (Å²) in [5.41, 5.74) is 8.29. The maximum Gasteiger partial charge on any atom is 0.123 e. The summed E-state index contributed by atoms with van der Waals surface area (Å²) < 4.78 is 12.3. The molecule has 4 rings (SSSR count). The lowest BCUT2D eigenvalue weighted by Gasteiger charge is -2.11. The van der Waals surface area contributed by atoms with Crippen molar-refractivity contribution in [1.82, 2.24) is 0 Å². The maximum absolute atomic E-state index is 6.13. The first kappa shape index (κ1) is 33.6. The van der Waals surface area contributed by atoms with Crippen molar-refractivity contribution in [1.29, 1.82) is 0 Å². The Bertz CT molecular complexity index is 1460. The molecule has 0 fully saturated rings. The molecule has 2 nitrogen and oxygen atoms in total. The molecule has 0 spiro atoms. The van der Waals surface area contributed by atoms with E-state index in [4.69, 9.17) is 9.47 Å². The zero-order valence-electron chi connectivity index (χ0n) is 27.5. The van der Waals surface area contributed by atoms with Gasteiger partial charge in [0, 0.05) is 6.07 Å². The lowest BCUT2D eigenvalue weighted by atomic mass is 10.1. The van der Waals surface area contributed by atoms with E-state index in [1.54, 1.807) is 0 Å². The highest BCUT2D eigenvalue weighted by molar-refractivity contribution is 5.75. The van der Waals surface area contributed by atoms with Crippen LogP contribution in [0.25, 0.3) is 36.5 Å². The van der Waals surface area contributed by atoms with E-state index >= 15 is 0 Å². The monoisotopic (exact) mass is 598 g/mol. The first-order valence-corrected chi connectivity index (χ1v) is 16.8. The van der Waals surface area contributed by atoms with Crippen molar-refractivity contribution in [2.24, 2.45) is 0 Å². The highest BCUT2D eigenvalue weighted by Crippen LogP contribution is 2.25. The zero-order valence-corrected chi connectivity index (χ0v) is 27.5. The van der Waals surface area contributed by atoms with Gasteiger partial charge in [0.15, 0.2) is 0 Å². The highest BCUT2D eigenvalue weighted by atomic mass is 16.5. The summed E-state index contributed by atoms with van der Waals surface area (Å²) in [5.74, 6) is 1.76. The maximum atomic E-state index is 6.13. The van der Waals surface area contributed by atoms with Crippen LogP contribution in [0.5, 0.6) is 11.5 Å². The van der Waals surface area contributed by atoms with Crippen LogP contribution >= 0.6 is 0 Å². The molecule has 0 bridgehead atoms. The second kappa shape index (κ2) is 19.2. The molecule has 0 aromatic heterocycles. The molecule has 0 unspecified atom stereocenters. The molecule has 0 saturated heterocycles. The topological polar surface area (TPSA) is 18.5 Å². The summed E-state index contributed by atoms with van der Waals surface area (Å²) in [4.78, 5) is 0. The minimum atomic E-state index is 0.743. The number of hydrogen-bond donors (Lipinski definition) is 0. The largest absolute Gasteiger partial charge is 0.493 e.